The molecule has 1 heterocycles. The van der Waals surface area contributed by atoms with E-state index < -0.39 is 0 Å². The number of hydrogen-bond acceptors (Lipinski definition) is 2. The maximum Gasteiger partial charge on any atom is 0.322 e. The minimum atomic E-state index is -0.222. The molecule has 1 aliphatic rings. The normalized spacial score (nSPS) is 34.2. The molecule has 1 unspecified atom stereocenters. The summed E-state index contributed by atoms with van der Waals surface area (Å²) < 4.78 is 0. The van der Waals surface area contributed by atoms with Gasteiger partial charge < -0.3 is 0 Å². The number of nitrogens with zero attached hydrogens (tertiary/aromatic N) is 1. The van der Waals surface area contributed by atoms with Crippen LogP contribution in [-0.4, -0.2) is 13.5 Å². The van der Waals surface area contributed by atoms with Gasteiger partial charge in [-0.2, -0.15) is 5.11 Å². The summed E-state index contributed by atoms with van der Waals surface area (Å²) in [6.45, 7) is 0.309. The van der Waals surface area contributed by atoms with Gasteiger partial charge in [-0.05, 0) is 0 Å². The average molecular weight is 74.1 g/mol. The van der Waals surface area contributed by atoms with Crippen molar-refractivity contribution < 1.29 is 9.94 Å². The van der Waals surface area contributed by atoms with Gasteiger partial charge in [-0.1, -0.05) is 4.84 Å². The van der Waals surface area contributed by atoms with Gasteiger partial charge in [0, 0.05) is 0 Å². The molecule has 0 spiro atoms. The summed E-state index contributed by atoms with van der Waals surface area (Å²) in [6.07, 6.45) is 0. The zero-order valence-electron chi connectivity index (χ0n) is 2.68. The van der Waals surface area contributed by atoms with Gasteiger partial charge in [0.25, 0.3) is 6.73 Å². The molecule has 0 saturated carbocycles. The first-order valence-corrected chi connectivity index (χ1v) is 1.39. The number of hydrogen-bond donors (Lipinski definition) is 0. The lowest BCUT2D eigenvalue weighted by Crippen LogP contribution is -1.99. The minimum absolute atomic E-state index is 0.222. The second kappa shape index (κ2) is 0.931. The Morgan fingerprint density at radius 1 is 2.00 bits per heavy atom. The third kappa shape index (κ3) is 0.576. The van der Waals surface area contributed by atoms with Gasteiger partial charge in [-0.15, -0.1) is 0 Å². The van der Waals surface area contributed by atoms with Crippen LogP contribution in [0.2, 0.25) is 0 Å². The molecular formula is C2H4NO2+. The molecule has 0 aliphatic carbocycles. The molecule has 1 saturated heterocycles. The predicted molar refractivity (Wildman–Crippen MR) is 13.6 cm³/mol. The van der Waals surface area contributed by atoms with Crippen LogP contribution < -0.4 is 5.06 Å². The number of hydroxylamine groups is 2. The van der Waals surface area contributed by atoms with Gasteiger partial charge in [-0.3, -0.25) is 0 Å². The second-order valence-electron chi connectivity index (χ2n) is 0.869. The van der Waals surface area contributed by atoms with Crippen molar-refractivity contribution in [3.63, 3.8) is 0 Å². The van der Waals surface area contributed by atoms with Gasteiger partial charge in [0.15, 0.2) is 0 Å². The van der Waals surface area contributed by atoms with E-state index in [0.29, 0.717) is 6.73 Å². The molecule has 5 heavy (non-hydrogen) atoms. The van der Waals surface area contributed by atoms with Gasteiger partial charge >= 0.3 is 6.73 Å². The summed E-state index contributed by atoms with van der Waals surface area (Å²) in [5.74, 6) is 0. The van der Waals surface area contributed by atoms with Gasteiger partial charge in [0.05, 0.1) is 5.06 Å². The Morgan fingerprint density at radius 3 is 2.60 bits per heavy atom. The standard InChI is InChI=1S/C2H4NO2/c4-1-3-2-5-3/h1-2H2/q+1. The van der Waals surface area contributed by atoms with Crippen LogP contribution in [0.15, 0.2) is 0 Å². The topological polar surface area (TPSA) is 38.3 Å². The third-order valence-electron chi connectivity index (χ3n) is 0.456. The van der Waals surface area contributed by atoms with Crippen molar-refractivity contribution in [3.8, 4) is 0 Å². The van der Waals surface area contributed by atoms with E-state index in [1.54, 1.807) is 0 Å². The van der Waals surface area contributed by atoms with Crippen molar-refractivity contribution in [2.75, 3.05) is 13.5 Å². The van der Waals surface area contributed by atoms with Crippen LogP contribution in [0.4, 0.5) is 0 Å². The highest BCUT2D eigenvalue weighted by Gasteiger charge is 2.34. The van der Waals surface area contributed by atoms with E-state index in [-0.39, 0.29) is 6.73 Å². The van der Waals surface area contributed by atoms with Crippen molar-refractivity contribution in [3.05, 3.63) is 0 Å². The largest absolute Gasteiger partial charge is 0.322 e. The van der Waals surface area contributed by atoms with Crippen molar-refractivity contribution in [1.29, 1.82) is 0 Å². The molecule has 3 nitrogen and oxygen atoms in total. The zero-order valence-corrected chi connectivity index (χ0v) is 2.68. The van der Waals surface area contributed by atoms with Crippen molar-refractivity contribution >= 4 is 0 Å². The van der Waals surface area contributed by atoms with Crippen LogP contribution >= 0.6 is 0 Å². The fourth-order valence-electron chi connectivity index (χ4n) is 0.115. The maximum atomic E-state index is 9.49. The SMILES string of the molecule is [O]C[N+]1CO1. The lowest BCUT2D eigenvalue weighted by Gasteiger charge is -1.57. The van der Waals surface area contributed by atoms with Gasteiger partial charge in [0.2, 0.25) is 0 Å². The molecule has 0 aromatic carbocycles. The zero-order chi connectivity index (χ0) is 3.70. The molecule has 1 aliphatic heterocycles. The van der Waals surface area contributed by atoms with E-state index in [0.717, 1.165) is 0 Å². The molecule has 28 valence electrons. The monoisotopic (exact) mass is 74.0 g/mol. The molecular weight excluding hydrogens is 70.0 g/mol. The summed E-state index contributed by atoms with van der Waals surface area (Å²) in [6, 6.07) is 0. The first-order chi connectivity index (χ1) is 2.43. The molecule has 3 heteroatoms. The lowest BCUT2D eigenvalue weighted by atomic mass is 11.2. The van der Waals surface area contributed by atoms with E-state index >= 15 is 0 Å². The molecule has 0 aromatic rings. The summed E-state index contributed by atoms with van der Waals surface area (Å²) in [7, 11) is 0. The average Bonchev–Trinajstić information content (AvgIpc) is 2.12. The van der Waals surface area contributed by atoms with Gasteiger partial charge in [0.1, 0.15) is 0 Å². The minimum Gasteiger partial charge on any atom is -0.164 e. The molecule has 1 rings (SSSR count). The summed E-state index contributed by atoms with van der Waals surface area (Å²) in [5.41, 5.74) is 0. The Hall–Kier alpha value is -0.120. The highest BCUT2D eigenvalue weighted by Crippen LogP contribution is 1.96. The molecule has 0 bridgehead atoms. The Bertz CT molecular complexity index is 34.6. The number of rotatable bonds is 1. The Kier molecular flexibility index (Phi) is 0.574. The van der Waals surface area contributed by atoms with E-state index in [1.165, 1.54) is 5.06 Å². The molecule has 1 atom stereocenters. The van der Waals surface area contributed by atoms with Crippen LogP contribution in [0.5, 0.6) is 0 Å². The van der Waals surface area contributed by atoms with E-state index in [4.69, 9.17) is 0 Å². The Balaban J connectivity index is 2.00. The predicted octanol–water partition coefficient (Wildman–Crippen LogP) is -0.583. The summed E-state index contributed by atoms with van der Waals surface area (Å²) in [4.78, 5) is 4.38. The summed E-state index contributed by atoms with van der Waals surface area (Å²) in [5, 5.41) is 10.8. The fraction of sp³-hybridized carbons (Fsp3) is 1.00. The van der Waals surface area contributed by atoms with Gasteiger partial charge in [-0.25, -0.2) is 0 Å². The second-order valence-corrected chi connectivity index (χ2v) is 0.869. The third-order valence-corrected chi connectivity index (χ3v) is 0.456. The van der Waals surface area contributed by atoms with Crippen LogP contribution in [0.1, 0.15) is 0 Å². The van der Waals surface area contributed by atoms with E-state index in [9.17, 15) is 5.11 Å². The highest BCUT2D eigenvalue weighted by atomic mass is 16.8. The molecule has 1 fully saturated rings. The molecule has 0 amide bonds. The smallest absolute Gasteiger partial charge is 0.164 e. The maximum absolute atomic E-state index is 9.49. The van der Waals surface area contributed by atoms with Crippen molar-refractivity contribution in [2.24, 2.45) is 0 Å². The van der Waals surface area contributed by atoms with Crippen LogP contribution in [-0.2, 0) is 9.94 Å². The summed E-state index contributed by atoms with van der Waals surface area (Å²) >= 11 is 0. The fourth-order valence-corrected chi connectivity index (χ4v) is 0.115. The highest BCUT2D eigenvalue weighted by molar-refractivity contribution is 4.41. The molecule has 2 radical (unpaired) electrons. The molecule has 0 aromatic heterocycles. The van der Waals surface area contributed by atoms with E-state index in [1.807, 2.05) is 0 Å². The Labute approximate surface area is 29.7 Å². The quantitative estimate of drug-likeness (QED) is 0.303. The molecule has 0 N–H and O–H groups in total. The van der Waals surface area contributed by atoms with Crippen molar-refractivity contribution in [1.82, 2.24) is 5.06 Å². The first kappa shape index (κ1) is 3.08. The first-order valence-electron chi connectivity index (χ1n) is 1.39. The lowest BCUT2D eigenvalue weighted by molar-refractivity contribution is 0.0945. The van der Waals surface area contributed by atoms with E-state index in [2.05, 4.69) is 4.84 Å². The van der Waals surface area contributed by atoms with Crippen LogP contribution in [0.25, 0.3) is 0 Å². The van der Waals surface area contributed by atoms with Crippen molar-refractivity contribution in [2.45, 2.75) is 0 Å². The Morgan fingerprint density at radius 2 is 2.60 bits per heavy atom. The van der Waals surface area contributed by atoms with Crippen LogP contribution in [0.3, 0.4) is 0 Å². The van der Waals surface area contributed by atoms with Crippen LogP contribution in [0, 0.1) is 0 Å².